The van der Waals surface area contributed by atoms with E-state index in [9.17, 15) is 14.4 Å². The number of carbonyl (C=O) groups is 3. The third kappa shape index (κ3) is 4.06. The molecule has 5 nitrogen and oxygen atoms in total. The van der Waals surface area contributed by atoms with E-state index in [1.807, 2.05) is 4.90 Å². The van der Waals surface area contributed by atoms with E-state index in [1.165, 1.54) is 21.6 Å². The van der Waals surface area contributed by atoms with Crippen molar-refractivity contribution in [1.29, 1.82) is 0 Å². The predicted molar refractivity (Wildman–Crippen MR) is 98.5 cm³/mol. The van der Waals surface area contributed by atoms with Gasteiger partial charge in [0.1, 0.15) is 0 Å². The van der Waals surface area contributed by atoms with E-state index in [4.69, 9.17) is 0 Å². The number of hydrogen-bond donors (Lipinski definition) is 0. The number of carbonyl (C=O) groups excluding carboxylic acids is 3. The van der Waals surface area contributed by atoms with Crippen molar-refractivity contribution in [2.45, 2.75) is 45.6 Å². The van der Waals surface area contributed by atoms with Crippen LogP contribution in [0.3, 0.4) is 0 Å². The van der Waals surface area contributed by atoms with Crippen LogP contribution in [0.1, 0.15) is 36.0 Å². The van der Waals surface area contributed by atoms with Gasteiger partial charge in [-0.05, 0) is 49.8 Å². The largest absolute Gasteiger partial charge is 0.343 e. The molecule has 134 valence electrons. The fourth-order valence-corrected chi connectivity index (χ4v) is 4.23. The Balaban J connectivity index is 1.49. The Bertz CT molecular complexity index is 680. The number of benzene rings is 1. The van der Waals surface area contributed by atoms with Crippen LogP contribution >= 0.6 is 11.8 Å². The summed E-state index contributed by atoms with van der Waals surface area (Å²) in [6.07, 6.45) is 2.63. The van der Waals surface area contributed by atoms with Crippen molar-refractivity contribution >= 4 is 28.8 Å². The maximum absolute atomic E-state index is 12.5. The summed E-state index contributed by atoms with van der Waals surface area (Å²) in [5.74, 6) is 0.327. The first kappa shape index (κ1) is 18.0. The van der Waals surface area contributed by atoms with Gasteiger partial charge in [-0.3, -0.25) is 19.3 Å². The second kappa shape index (κ2) is 7.60. The van der Waals surface area contributed by atoms with Gasteiger partial charge in [0.05, 0.1) is 5.75 Å². The number of imide groups is 1. The molecule has 0 N–H and O–H groups in total. The molecule has 1 aromatic rings. The molecule has 3 rings (SSSR count). The lowest BCUT2D eigenvalue weighted by Crippen LogP contribution is -2.48. The fraction of sp³-hybridized carbons (Fsp3) is 0.526. The molecule has 0 aliphatic carbocycles. The molecule has 3 amide bonds. The lowest BCUT2D eigenvalue weighted by molar-refractivity contribution is -0.133. The minimum atomic E-state index is -0.135. The highest BCUT2D eigenvalue weighted by atomic mass is 32.2. The molecule has 2 saturated heterocycles. The number of rotatable bonds is 4. The first-order chi connectivity index (χ1) is 12.0. The highest BCUT2D eigenvalue weighted by molar-refractivity contribution is 8.14. The number of hydrogen-bond acceptors (Lipinski definition) is 4. The number of aryl methyl sites for hydroxylation is 3. The van der Waals surface area contributed by atoms with Gasteiger partial charge in [-0.15, -0.1) is 0 Å². The first-order valence-corrected chi connectivity index (χ1v) is 9.77. The van der Waals surface area contributed by atoms with Crippen LogP contribution in [-0.2, 0) is 16.0 Å². The second-order valence-electron chi connectivity index (χ2n) is 6.85. The molecule has 0 unspecified atom stereocenters. The minimum Gasteiger partial charge on any atom is -0.343 e. The Hall–Kier alpha value is -1.82. The molecular weight excluding hydrogens is 336 g/mol. The van der Waals surface area contributed by atoms with Crippen LogP contribution in [0.25, 0.3) is 0 Å². The lowest BCUT2D eigenvalue weighted by Gasteiger charge is -2.35. The zero-order chi connectivity index (χ0) is 18.0. The Kier molecular flexibility index (Phi) is 5.47. The van der Waals surface area contributed by atoms with Crippen molar-refractivity contribution in [3.63, 3.8) is 0 Å². The van der Waals surface area contributed by atoms with E-state index in [2.05, 4.69) is 32.0 Å². The third-order valence-corrected chi connectivity index (χ3v) is 6.00. The fourth-order valence-electron chi connectivity index (χ4n) is 3.46. The van der Waals surface area contributed by atoms with Gasteiger partial charge in [0, 0.05) is 25.6 Å². The molecule has 6 heteroatoms. The quantitative estimate of drug-likeness (QED) is 0.828. The molecule has 0 bridgehead atoms. The summed E-state index contributed by atoms with van der Waals surface area (Å²) in [6.45, 7) is 5.42. The maximum atomic E-state index is 12.5. The number of piperidine rings is 1. The van der Waals surface area contributed by atoms with Gasteiger partial charge in [0.15, 0.2) is 0 Å². The van der Waals surface area contributed by atoms with Crippen LogP contribution in [0, 0.1) is 13.8 Å². The Labute approximate surface area is 152 Å². The zero-order valence-electron chi connectivity index (χ0n) is 14.8. The molecule has 2 fully saturated rings. The van der Waals surface area contributed by atoms with Gasteiger partial charge in [-0.1, -0.05) is 30.0 Å². The number of amides is 3. The van der Waals surface area contributed by atoms with E-state index in [0.717, 1.165) is 18.2 Å². The molecule has 0 atom stereocenters. The summed E-state index contributed by atoms with van der Waals surface area (Å²) >= 11 is 1.08. The van der Waals surface area contributed by atoms with Crippen LogP contribution in [0.15, 0.2) is 18.2 Å². The highest BCUT2D eigenvalue weighted by Gasteiger charge is 2.37. The average molecular weight is 360 g/mol. The van der Waals surface area contributed by atoms with Gasteiger partial charge in [0.2, 0.25) is 11.8 Å². The molecule has 0 spiro atoms. The van der Waals surface area contributed by atoms with Crippen molar-refractivity contribution in [2.75, 3.05) is 18.8 Å². The van der Waals surface area contributed by atoms with Crippen LogP contribution < -0.4 is 0 Å². The standard InChI is InChI=1S/C19H24N2O3S/c1-13-3-4-15(11-14(13)2)5-6-17(22)20-9-7-16(8-10-20)21-18(23)12-25-19(21)24/h3-4,11,16H,5-10,12H2,1-2H3. The second-order valence-corrected chi connectivity index (χ2v) is 7.78. The van der Waals surface area contributed by atoms with E-state index in [-0.39, 0.29) is 28.8 Å². The van der Waals surface area contributed by atoms with Crippen LogP contribution in [0.5, 0.6) is 0 Å². The number of likely N-dealkylation sites (tertiary alicyclic amines) is 1. The monoisotopic (exact) mass is 360 g/mol. The van der Waals surface area contributed by atoms with E-state index in [0.29, 0.717) is 32.4 Å². The molecule has 2 aliphatic heterocycles. The van der Waals surface area contributed by atoms with E-state index in [1.54, 1.807) is 0 Å². The molecule has 25 heavy (non-hydrogen) atoms. The SMILES string of the molecule is Cc1ccc(CCC(=O)N2CCC(N3C(=O)CSC3=O)CC2)cc1C. The summed E-state index contributed by atoms with van der Waals surface area (Å²) in [4.78, 5) is 39.3. The van der Waals surface area contributed by atoms with Gasteiger partial charge in [0.25, 0.3) is 5.24 Å². The van der Waals surface area contributed by atoms with Gasteiger partial charge >= 0.3 is 0 Å². The third-order valence-electron chi connectivity index (χ3n) is 5.17. The summed E-state index contributed by atoms with van der Waals surface area (Å²) in [6, 6.07) is 6.29. The highest BCUT2D eigenvalue weighted by Crippen LogP contribution is 2.27. The first-order valence-electron chi connectivity index (χ1n) is 8.78. The summed E-state index contributed by atoms with van der Waals surface area (Å²) < 4.78 is 0. The van der Waals surface area contributed by atoms with Gasteiger partial charge < -0.3 is 4.90 Å². The Morgan fingerprint density at radius 3 is 2.48 bits per heavy atom. The molecule has 0 aromatic heterocycles. The summed E-state index contributed by atoms with van der Waals surface area (Å²) in [7, 11) is 0. The lowest BCUT2D eigenvalue weighted by atomic mass is 10.0. The van der Waals surface area contributed by atoms with Gasteiger partial charge in [-0.25, -0.2) is 0 Å². The minimum absolute atomic E-state index is 0.0428. The molecular formula is C19H24N2O3S. The normalized spacial score (nSPS) is 19.0. The van der Waals surface area contributed by atoms with Crippen molar-refractivity contribution < 1.29 is 14.4 Å². The van der Waals surface area contributed by atoms with Crippen molar-refractivity contribution in [1.82, 2.24) is 9.80 Å². The molecule has 0 radical (unpaired) electrons. The number of nitrogens with zero attached hydrogens (tertiary/aromatic N) is 2. The molecule has 2 aliphatic rings. The summed E-state index contributed by atoms with van der Waals surface area (Å²) in [5.41, 5.74) is 3.71. The van der Waals surface area contributed by atoms with Crippen molar-refractivity contribution in [2.24, 2.45) is 0 Å². The Morgan fingerprint density at radius 1 is 1.16 bits per heavy atom. The van der Waals surface area contributed by atoms with Crippen molar-refractivity contribution in [3.05, 3.63) is 34.9 Å². The smallest absolute Gasteiger partial charge is 0.289 e. The van der Waals surface area contributed by atoms with Crippen LogP contribution in [0.4, 0.5) is 4.79 Å². The van der Waals surface area contributed by atoms with Gasteiger partial charge in [-0.2, -0.15) is 0 Å². The number of thioether (sulfide) groups is 1. The Morgan fingerprint density at radius 2 is 1.88 bits per heavy atom. The van der Waals surface area contributed by atoms with E-state index >= 15 is 0 Å². The van der Waals surface area contributed by atoms with Crippen LogP contribution in [0.2, 0.25) is 0 Å². The maximum Gasteiger partial charge on any atom is 0.289 e. The molecule has 0 saturated carbocycles. The van der Waals surface area contributed by atoms with Crippen LogP contribution in [-0.4, -0.2) is 51.7 Å². The van der Waals surface area contributed by atoms with Crippen molar-refractivity contribution in [3.8, 4) is 0 Å². The zero-order valence-corrected chi connectivity index (χ0v) is 15.6. The predicted octanol–water partition coefficient (Wildman–Crippen LogP) is 2.92. The molecule has 1 aromatic carbocycles. The average Bonchev–Trinajstić information content (AvgIpc) is 2.94. The topological polar surface area (TPSA) is 57.7 Å². The van der Waals surface area contributed by atoms with E-state index < -0.39 is 0 Å². The summed E-state index contributed by atoms with van der Waals surface area (Å²) in [5, 5.41) is -0.135. The molecule has 2 heterocycles.